The highest BCUT2D eigenvalue weighted by Gasteiger charge is 2.35. The second-order valence-corrected chi connectivity index (χ2v) is 5.80. The fraction of sp³-hybridized carbons (Fsp3) is 1.00. The molecule has 0 aromatic rings. The van der Waals surface area contributed by atoms with Gasteiger partial charge in [-0.15, -0.1) is 0 Å². The Morgan fingerprint density at radius 1 is 1.31 bits per heavy atom. The van der Waals surface area contributed by atoms with Crippen LogP contribution in [-0.2, 0) is 4.74 Å². The van der Waals surface area contributed by atoms with Crippen LogP contribution in [0.25, 0.3) is 0 Å². The van der Waals surface area contributed by atoms with Gasteiger partial charge in [0.2, 0.25) is 0 Å². The van der Waals surface area contributed by atoms with Gasteiger partial charge in [0.05, 0.1) is 13.2 Å². The Bertz CT molecular complexity index is 194. The Hall–Kier alpha value is -0.120. The van der Waals surface area contributed by atoms with E-state index in [1.54, 1.807) is 0 Å². The number of rotatable bonds is 7. The Labute approximate surface area is 99.6 Å². The molecule has 3 nitrogen and oxygen atoms in total. The summed E-state index contributed by atoms with van der Waals surface area (Å²) in [5.74, 6) is 0.786. The molecule has 0 spiro atoms. The van der Waals surface area contributed by atoms with Gasteiger partial charge >= 0.3 is 0 Å². The Morgan fingerprint density at radius 3 is 2.62 bits per heavy atom. The van der Waals surface area contributed by atoms with E-state index in [9.17, 15) is 0 Å². The lowest BCUT2D eigenvalue weighted by Gasteiger charge is -2.18. The average molecular weight is 229 g/mol. The molecule has 0 amide bonds. The van der Waals surface area contributed by atoms with Crippen LogP contribution in [0.1, 0.15) is 40.0 Å². The van der Waals surface area contributed by atoms with Gasteiger partial charge in [-0.3, -0.25) is 0 Å². The summed E-state index contributed by atoms with van der Waals surface area (Å²) in [6.45, 7) is 9.42. The van der Waals surface area contributed by atoms with E-state index in [4.69, 9.17) is 9.84 Å². The molecule has 0 saturated heterocycles. The van der Waals surface area contributed by atoms with Crippen molar-refractivity contribution in [2.75, 3.05) is 26.4 Å². The monoisotopic (exact) mass is 229 g/mol. The molecule has 0 unspecified atom stereocenters. The van der Waals surface area contributed by atoms with Crippen LogP contribution in [0.3, 0.4) is 0 Å². The topological polar surface area (TPSA) is 41.5 Å². The van der Waals surface area contributed by atoms with Crippen molar-refractivity contribution >= 4 is 0 Å². The highest BCUT2D eigenvalue weighted by atomic mass is 16.5. The second-order valence-electron chi connectivity index (χ2n) is 5.80. The molecule has 0 heterocycles. The zero-order chi connectivity index (χ0) is 12.0. The van der Waals surface area contributed by atoms with Gasteiger partial charge in [0.1, 0.15) is 0 Å². The van der Waals surface area contributed by atoms with E-state index in [1.807, 2.05) is 0 Å². The average Bonchev–Trinajstić information content (AvgIpc) is 2.45. The normalized spacial score (nSPS) is 28.5. The fourth-order valence-corrected chi connectivity index (χ4v) is 2.80. The minimum absolute atomic E-state index is 0.126. The number of ether oxygens (including phenoxy) is 1. The Morgan fingerprint density at radius 2 is 2.06 bits per heavy atom. The molecule has 0 radical (unpaired) electrons. The minimum atomic E-state index is 0.126. The van der Waals surface area contributed by atoms with E-state index < -0.39 is 0 Å². The van der Waals surface area contributed by atoms with Gasteiger partial charge in [-0.25, -0.2) is 0 Å². The molecule has 1 aliphatic carbocycles. The SMILES string of the molecule is C[C@@H]1CC(C)(C)C[C@H]1NCCCOCCO. The van der Waals surface area contributed by atoms with Crippen LogP contribution >= 0.6 is 0 Å². The first-order valence-corrected chi connectivity index (χ1v) is 6.47. The van der Waals surface area contributed by atoms with E-state index in [0.29, 0.717) is 18.1 Å². The van der Waals surface area contributed by atoms with E-state index >= 15 is 0 Å². The summed E-state index contributed by atoms with van der Waals surface area (Å²) in [5.41, 5.74) is 0.504. The maximum atomic E-state index is 8.55. The van der Waals surface area contributed by atoms with Gasteiger partial charge in [-0.2, -0.15) is 0 Å². The van der Waals surface area contributed by atoms with Crippen LogP contribution in [0, 0.1) is 11.3 Å². The number of hydrogen-bond donors (Lipinski definition) is 2. The van der Waals surface area contributed by atoms with Crippen LogP contribution in [0.2, 0.25) is 0 Å². The van der Waals surface area contributed by atoms with Crippen molar-refractivity contribution in [3.8, 4) is 0 Å². The maximum Gasteiger partial charge on any atom is 0.0697 e. The molecule has 0 aromatic heterocycles. The minimum Gasteiger partial charge on any atom is -0.394 e. The molecular formula is C13H27NO2. The van der Waals surface area contributed by atoms with Crippen molar-refractivity contribution in [1.29, 1.82) is 0 Å². The van der Waals surface area contributed by atoms with E-state index in [1.165, 1.54) is 12.8 Å². The first-order valence-electron chi connectivity index (χ1n) is 6.47. The summed E-state index contributed by atoms with van der Waals surface area (Å²) in [5, 5.41) is 12.2. The van der Waals surface area contributed by atoms with Gasteiger partial charge < -0.3 is 15.2 Å². The lowest BCUT2D eigenvalue weighted by atomic mass is 9.91. The second kappa shape index (κ2) is 6.58. The molecule has 0 bridgehead atoms. The predicted molar refractivity (Wildman–Crippen MR) is 66.5 cm³/mol. The third kappa shape index (κ3) is 4.81. The van der Waals surface area contributed by atoms with Crippen molar-refractivity contribution < 1.29 is 9.84 Å². The number of aliphatic hydroxyl groups is 1. The van der Waals surface area contributed by atoms with Gasteiger partial charge in [-0.1, -0.05) is 20.8 Å². The van der Waals surface area contributed by atoms with Crippen LogP contribution < -0.4 is 5.32 Å². The predicted octanol–water partition coefficient (Wildman–Crippen LogP) is 1.80. The summed E-state index contributed by atoms with van der Waals surface area (Å²) in [4.78, 5) is 0. The smallest absolute Gasteiger partial charge is 0.0697 e. The molecule has 1 aliphatic rings. The summed E-state index contributed by atoms with van der Waals surface area (Å²) < 4.78 is 5.23. The molecular weight excluding hydrogens is 202 g/mol. The van der Waals surface area contributed by atoms with Gasteiger partial charge in [0.15, 0.2) is 0 Å². The van der Waals surface area contributed by atoms with E-state index in [2.05, 4.69) is 26.1 Å². The third-order valence-corrected chi connectivity index (χ3v) is 3.44. The van der Waals surface area contributed by atoms with Gasteiger partial charge in [0, 0.05) is 12.6 Å². The lowest BCUT2D eigenvalue weighted by molar-refractivity contribution is 0.0902. The molecule has 1 rings (SSSR count). The van der Waals surface area contributed by atoms with Crippen LogP contribution in [0.4, 0.5) is 0 Å². The van der Waals surface area contributed by atoms with Crippen molar-refractivity contribution in [3.05, 3.63) is 0 Å². The number of aliphatic hydroxyl groups excluding tert-OH is 1. The highest BCUT2D eigenvalue weighted by molar-refractivity contribution is 4.90. The molecule has 1 saturated carbocycles. The van der Waals surface area contributed by atoms with E-state index in [0.717, 1.165) is 25.5 Å². The molecule has 0 aromatic carbocycles. The molecule has 16 heavy (non-hydrogen) atoms. The summed E-state index contributed by atoms with van der Waals surface area (Å²) in [6.07, 6.45) is 3.64. The molecule has 2 N–H and O–H groups in total. The van der Waals surface area contributed by atoms with Crippen molar-refractivity contribution in [3.63, 3.8) is 0 Å². The van der Waals surface area contributed by atoms with Gasteiger partial charge in [0.25, 0.3) is 0 Å². The molecule has 96 valence electrons. The first-order chi connectivity index (χ1) is 7.55. The first kappa shape index (κ1) is 13.9. The number of hydrogen-bond acceptors (Lipinski definition) is 3. The lowest BCUT2D eigenvalue weighted by Crippen LogP contribution is -2.32. The standard InChI is InChI=1S/C13H27NO2/c1-11-9-13(2,3)10-12(11)14-5-4-7-16-8-6-15/h11-12,14-15H,4-10H2,1-3H3/t11-,12-/m1/s1. The summed E-state index contributed by atoms with van der Waals surface area (Å²) >= 11 is 0. The van der Waals surface area contributed by atoms with E-state index in [-0.39, 0.29) is 6.61 Å². The number of nitrogens with one attached hydrogen (secondary N) is 1. The van der Waals surface area contributed by atoms with Crippen molar-refractivity contribution in [1.82, 2.24) is 5.32 Å². The molecule has 0 aliphatic heterocycles. The Balaban J connectivity index is 2.05. The molecule has 2 atom stereocenters. The van der Waals surface area contributed by atoms with Crippen molar-refractivity contribution in [2.24, 2.45) is 11.3 Å². The summed E-state index contributed by atoms with van der Waals surface area (Å²) in [7, 11) is 0. The van der Waals surface area contributed by atoms with Crippen LogP contribution in [0.5, 0.6) is 0 Å². The maximum absolute atomic E-state index is 8.55. The molecule has 3 heteroatoms. The van der Waals surface area contributed by atoms with Crippen molar-refractivity contribution in [2.45, 2.75) is 46.1 Å². The zero-order valence-electron chi connectivity index (χ0n) is 11.0. The Kier molecular flexibility index (Phi) is 5.73. The quantitative estimate of drug-likeness (QED) is 0.654. The fourth-order valence-electron chi connectivity index (χ4n) is 2.80. The highest BCUT2D eigenvalue weighted by Crippen LogP contribution is 2.40. The van der Waals surface area contributed by atoms with Crippen LogP contribution in [-0.4, -0.2) is 37.5 Å². The van der Waals surface area contributed by atoms with Gasteiger partial charge in [-0.05, 0) is 37.1 Å². The largest absolute Gasteiger partial charge is 0.394 e. The molecule has 1 fully saturated rings. The van der Waals surface area contributed by atoms with Crippen LogP contribution in [0.15, 0.2) is 0 Å². The third-order valence-electron chi connectivity index (χ3n) is 3.44. The summed E-state index contributed by atoms with van der Waals surface area (Å²) in [6, 6.07) is 0.674. The zero-order valence-corrected chi connectivity index (χ0v) is 11.0.